The lowest BCUT2D eigenvalue weighted by Gasteiger charge is -2.08. The smallest absolute Gasteiger partial charge is 0.338 e. The molecule has 8 heteroatoms. The molecule has 0 spiro atoms. The van der Waals surface area contributed by atoms with E-state index < -0.39 is 16.0 Å². The third-order valence-corrected chi connectivity index (χ3v) is 4.78. The fourth-order valence-electron chi connectivity index (χ4n) is 2.11. The van der Waals surface area contributed by atoms with E-state index in [9.17, 15) is 13.2 Å². The summed E-state index contributed by atoms with van der Waals surface area (Å²) in [7, 11) is -3.73. The van der Waals surface area contributed by atoms with Crippen LogP contribution in [0, 0.1) is 6.92 Å². The standard InChI is InChI=1S/C15H19N3O4S/c1-4-18-11(3)14(10-16-18)23(20,21)17-13-8-6-12(7-9-13)15(19)22-5-2/h6-10,17H,4-5H2,1-3H3. The Labute approximate surface area is 135 Å². The highest BCUT2D eigenvalue weighted by Crippen LogP contribution is 2.19. The van der Waals surface area contributed by atoms with Crippen LogP contribution >= 0.6 is 0 Å². The van der Waals surface area contributed by atoms with Crippen LogP contribution < -0.4 is 4.72 Å². The van der Waals surface area contributed by atoms with Crippen molar-refractivity contribution in [3.8, 4) is 0 Å². The average molecular weight is 337 g/mol. The Hall–Kier alpha value is -2.35. The van der Waals surface area contributed by atoms with Gasteiger partial charge in [0.1, 0.15) is 4.90 Å². The zero-order valence-electron chi connectivity index (χ0n) is 13.2. The molecule has 2 rings (SSSR count). The van der Waals surface area contributed by atoms with Gasteiger partial charge in [0, 0.05) is 12.2 Å². The highest BCUT2D eigenvalue weighted by molar-refractivity contribution is 7.92. The second-order valence-electron chi connectivity index (χ2n) is 4.81. The minimum Gasteiger partial charge on any atom is -0.462 e. The largest absolute Gasteiger partial charge is 0.462 e. The molecule has 0 bridgehead atoms. The summed E-state index contributed by atoms with van der Waals surface area (Å²) in [6, 6.07) is 6.06. The van der Waals surface area contributed by atoms with E-state index in [2.05, 4.69) is 9.82 Å². The van der Waals surface area contributed by atoms with Crippen molar-refractivity contribution in [2.24, 2.45) is 0 Å². The molecule has 23 heavy (non-hydrogen) atoms. The maximum atomic E-state index is 12.4. The number of anilines is 1. The van der Waals surface area contributed by atoms with Crippen LogP contribution in [0.3, 0.4) is 0 Å². The monoisotopic (exact) mass is 337 g/mol. The molecule has 0 aliphatic heterocycles. The van der Waals surface area contributed by atoms with Crippen LogP contribution in [0.25, 0.3) is 0 Å². The maximum Gasteiger partial charge on any atom is 0.338 e. The molecule has 7 nitrogen and oxygen atoms in total. The summed E-state index contributed by atoms with van der Waals surface area (Å²) in [4.78, 5) is 11.7. The summed E-state index contributed by atoms with van der Waals surface area (Å²) in [5.41, 5.74) is 1.30. The lowest BCUT2D eigenvalue weighted by Crippen LogP contribution is -2.14. The molecule has 2 aromatic rings. The number of carbonyl (C=O) groups is 1. The number of ether oxygens (including phenoxy) is 1. The summed E-state index contributed by atoms with van der Waals surface area (Å²) in [6.07, 6.45) is 1.33. The van der Waals surface area contributed by atoms with Crippen molar-refractivity contribution >= 4 is 21.7 Å². The minimum absolute atomic E-state index is 0.133. The van der Waals surface area contributed by atoms with Gasteiger partial charge < -0.3 is 4.74 Å². The van der Waals surface area contributed by atoms with Gasteiger partial charge in [0.2, 0.25) is 0 Å². The fourth-order valence-corrected chi connectivity index (χ4v) is 3.35. The van der Waals surface area contributed by atoms with Crippen LogP contribution in [0.15, 0.2) is 35.4 Å². The highest BCUT2D eigenvalue weighted by atomic mass is 32.2. The predicted molar refractivity (Wildman–Crippen MR) is 85.8 cm³/mol. The maximum absolute atomic E-state index is 12.4. The number of aryl methyl sites for hydroxylation is 1. The molecule has 0 amide bonds. The SMILES string of the molecule is CCOC(=O)c1ccc(NS(=O)(=O)c2cnn(CC)c2C)cc1. The van der Waals surface area contributed by atoms with Crippen LogP contribution in [0.5, 0.6) is 0 Å². The van der Waals surface area contributed by atoms with Crippen LogP contribution in [0.2, 0.25) is 0 Å². The Kier molecular flexibility index (Phi) is 5.05. The third kappa shape index (κ3) is 3.70. The molecular weight excluding hydrogens is 318 g/mol. The zero-order chi connectivity index (χ0) is 17.0. The average Bonchev–Trinajstić information content (AvgIpc) is 2.89. The van der Waals surface area contributed by atoms with Gasteiger partial charge in [0.25, 0.3) is 10.0 Å². The number of sulfonamides is 1. The molecule has 1 N–H and O–H groups in total. The first-order chi connectivity index (χ1) is 10.9. The number of benzene rings is 1. The van der Waals surface area contributed by atoms with Crippen molar-refractivity contribution in [2.75, 3.05) is 11.3 Å². The van der Waals surface area contributed by atoms with E-state index in [0.717, 1.165) is 0 Å². The van der Waals surface area contributed by atoms with Crippen LogP contribution in [-0.2, 0) is 21.3 Å². The van der Waals surface area contributed by atoms with E-state index in [1.54, 1.807) is 18.5 Å². The summed E-state index contributed by atoms with van der Waals surface area (Å²) >= 11 is 0. The summed E-state index contributed by atoms with van der Waals surface area (Å²) in [6.45, 7) is 6.19. The van der Waals surface area contributed by atoms with Gasteiger partial charge in [-0.2, -0.15) is 5.10 Å². The molecule has 0 atom stereocenters. The zero-order valence-corrected chi connectivity index (χ0v) is 14.1. The van der Waals surface area contributed by atoms with E-state index in [4.69, 9.17) is 4.74 Å². The molecule has 0 unspecified atom stereocenters. The van der Waals surface area contributed by atoms with Gasteiger partial charge in [-0.15, -0.1) is 0 Å². The molecule has 1 aromatic heterocycles. The van der Waals surface area contributed by atoms with Crippen molar-refractivity contribution < 1.29 is 17.9 Å². The van der Waals surface area contributed by atoms with E-state index in [1.807, 2.05) is 6.92 Å². The van der Waals surface area contributed by atoms with Gasteiger partial charge in [-0.3, -0.25) is 9.40 Å². The van der Waals surface area contributed by atoms with E-state index >= 15 is 0 Å². The number of hydrogen-bond acceptors (Lipinski definition) is 5. The number of aromatic nitrogens is 2. The molecule has 0 saturated heterocycles. The first kappa shape index (κ1) is 17.0. The summed E-state index contributed by atoms with van der Waals surface area (Å²) in [5.74, 6) is -0.443. The molecular formula is C15H19N3O4S. The van der Waals surface area contributed by atoms with E-state index in [0.29, 0.717) is 23.5 Å². The van der Waals surface area contributed by atoms with Crippen LogP contribution in [0.4, 0.5) is 5.69 Å². The molecule has 0 radical (unpaired) electrons. The second-order valence-corrected chi connectivity index (χ2v) is 6.46. The number of carbonyl (C=O) groups excluding carboxylic acids is 1. The van der Waals surface area contributed by atoms with Crippen molar-refractivity contribution in [1.29, 1.82) is 0 Å². The van der Waals surface area contributed by atoms with Crippen LogP contribution in [-0.4, -0.2) is 30.8 Å². The Morgan fingerprint density at radius 2 is 1.91 bits per heavy atom. The second kappa shape index (κ2) is 6.82. The van der Waals surface area contributed by atoms with Crippen molar-refractivity contribution in [3.63, 3.8) is 0 Å². The molecule has 0 saturated carbocycles. The van der Waals surface area contributed by atoms with Gasteiger partial charge in [-0.05, 0) is 45.0 Å². The topological polar surface area (TPSA) is 90.3 Å². The summed E-state index contributed by atoms with van der Waals surface area (Å²) < 4.78 is 33.8. The lowest BCUT2D eigenvalue weighted by atomic mass is 10.2. The number of hydrogen-bond donors (Lipinski definition) is 1. The van der Waals surface area contributed by atoms with Crippen LogP contribution in [0.1, 0.15) is 29.9 Å². The molecule has 124 valence electrons. The number of esters is 1. The Morgan fingerprint density at radius 1 is 1.26 bits per heavy atom. The van der Waals surface area contributed by atoms with Gasteiger partial charge in [0.05, 0.1) is 24.1 Å². The van der Waals surface area contributed by atoms with Gasteiger partial charge in [0.15, 0.2) is 0 Å². The Balaban J connectivity index is 2.20. The molecule has 0 fully saturated rings. The quantitative estimate of drug-likeness (QED) is 0.816. The Bertz CT molecular complexity index is 795. The summed E-state index contributed by atoms with van der Waals surface area (Å²) in [5, 5.41) is 4.04. The molecule has 0 aliphatic rings. The first-order valence-electron chi connectivity index (χ1n) is 7.21. The number of nitrogens with zero attached hydrogens (tertiary/aromatic N) is 2. The highest BCUT2D eigenvalue weighted by Gasteiger charge is 2.20. The van der Waals surface area contributed by atoms with E-state index in [-0.39, 0.29) is 11.5 Å². The van der Waals surface area contributed by atoms with E-state index in [1.165, 1.54) is 30.5 Å². The third-order valence-electron chi connectivity index (χ3n) is 3.30. The lowest BCUT2D eigenvalue weighted by molar-refractivity contribution is 0.0526. The number of rotatable bonds is 6. The van der Waals surface area contributed by atoms with Crippen molar-refractivity contribution in [3.05, 3.63) is 41.7 Å². The normalized spacial score (nSPS) is 11.3. The van der Waals surface area contributed by atoms with Gasteiger partial charge >= 0.3 is 5.97 Å². The molecule has 0 aliphatic carbocycles. The molecule has 1 aromatic carbocycles. The molecule has 1 heterocycles. The fraction of sp³-hybridized carbons (Fsp3) is 0.333. The Morgan fingerprint density at radius 3 is 2.43 bits per heavy atom. The number of nitrogens with one attached hydrogen (secondary N) is 1. The van der Waals surface area contributed by atoms with Gasteiger partial charge in [-0.1, -0.05) is 0 Å². The van der Waals surface area contributed by atoms with Crippen molar-refractivity contribution in [2.45, 2.75) is 32.2 Å². The minimum atomic E-state index is -3.73. The van der Waals surface area contributed by atoms with Crippen molar-refractivity contribution in [1.82, 2.24) is 9.78 Å². The van der Waals surface area contributed by atoms with Gasteiger partial charge in [-0.25, -0.2) is 13.2 Å². The first-order valence-corrected chi connectivity index (χ1v) is 8.69. The predicted octanol–water partition coefficient (Wildman–Crippen LogP) is 2.19.